The molecule has 10 heavy (non-hydrogen) atoms. The monoisotopic (exact) mass is 137 g/mol. The van der Waals surface area contributed by atoms with Crippen molar-refractivity contribution in [1.29, 1.82) is 0 Å². The van der Waals surface area contributed by atoms with Crippen LogP contribution < -0.4 is 0 Å². The Kier molecular flexibility index (Phi) is 3.56. The number of allylic oxidation sites excluding steroid dienone is 2. The Morgan fingerprint density at radius 2 is 1.90 bits per heavy atom. The van der Waals surface area contributed by atoms with E-state index in [1.54, 1.807) is 0 Å². The second-order valence-electron chi connectivity index (χ2n) is 3.14. The minimum absolute atomic E-state index is 0.972. The zero-order valence-electron chi connectivity index (χ0n) is 6.84. The molecule has 0 N–H and O–H groups in total. The van der Waals surface area contributed by atoms with Crippen LogP contribution in [0.5, 0.6) is 0 Å². The van der Waals surface area contributed by atoms with Gasteiger partial charge in [0.25, 0.3) is 0 Å². The molecule has 0 unspecified atom stereocenters. The summed E-state index contributed by atoms with van der Waals surface area (Å²) < 4.78 is 0. The molecule has 0 heteroatoms. The van der Waals surface area contributed by atoms with Gasteiger partial charge in [0.1, 0.15) is 0 Å². The minimum atomic E-state index is 0.972. The van der Waals surface area contributed by atoms with Gasteiger partial charge in [-0.2, -0.15) is 0 Å². The second-order valence-corrected chi connectivity index (χ2v) is 3.14. The van der Waals surface area contributed by atoms with Gasteiger partial charge in [-0.25, -0.2) is 0 Å². The molecule has 0 aromatic rings. The average Bonchev–Trinajstić information content (AvgIpc) is 2.17. The molecule has 0 fully saturated rings. The highest BCUT2D eigenvalue weighted by Gasteiger charge is 2.07. The number of hydrogen-bond acceptors (Lipinski definition) is 0. The zero-order valence-corrected chi connectivity index (χ0v) is 6.84. The first-order valence-electron chi connectivity index (χ1n) is 4.36. The Labute approximate surface area is 64.3 Å². The summed E-state index contributed by atoms with van der Waals surface area (Å²) in [6.07, 6.45) is 13.7. The fourth-order valence-corrected chi connectivity index (χ4v) is 1.61. The fraction of sp³-hybridized carbons (Fsp3) is 0.700. The molecule has 0 amide bonds. The van der Waals surface area contributed by atoms with Gasteiger partial charge in [0.2, 0.25) is 0 Å². The van der Waals surface area contributed by atoms with Crippen LogP contribution in [0.15, 0.2) is 12.2 Å². The summed E-state index contributed by atoms with van der Waals surface area (Å²) in [6.45, 7) is 2.16. The van der Waals surface area contributed by atoms with Crippen molar-refractivity contribution in [1.82, 2.24) is 0 Å². The molecule has 1 rings (SSSR count). The van der Waals surface area contributed by atoms with Crippen molar-refractivity contribution >= 4 is 0 Å². The van der Waals surface area contributed by atoms with Crippen molar-refractivity contribution in [3.63, 3.8) is 0 Å². The molecule has 57 valence electrons. The first kappa shape index (κ1) is 7.84. The third-order valence-electron chi connectivity index (χ3n) is 2.22. The molecule has 0 bridgehead atoms. The smallest absolute Gasteiger partial charge is 0.0348 e. The van der Waals surface area contributed by atoms with E-state index in [1.165, 1.54) is 32.1 Å². The van der Waals surface area contributed by atoms with Crippen LogP contribution in [0.2, 0.25) is 0 Å². The molecule has 0 atom stereocenters. The van der Waals surface area contributed by atoms with Crippen LogP contribution in [0, 0.1) is 12.3 Å². The molecule has 0 aromatic carbocycles. The van der Waals surface area contributed by atoms with Gasteiger partial charge in [-0.05, 0) is 44.4 Å². The molecule has 0 saturated carbocycles. The lowest BCUT2D eigenvalue weighted by Gasteiger charge is -2.10. The van der Waals surface area contributed by atoms with E-state index in [0.29, 0.717) is 0 Å². The summed E-state index contributed by atoms with van der Waals surface area (Å²) in [5, 5.41) is 0. The van der Waals surface area contributed by atoms with Gasteiger partial charge in [-0.15, -0.1) is 0 Å². The third kappa shape index (κ3) is 2.55. The predicted molar refractivity (Wildman–Crippen MR) is 45.7 cm³/mol. The Morgan fingerprint density at radius 1 is 1.30 bits per heavy atom. The van der Waals surface area contributed by atoms with E-state index >= 15 is 0 Å². The molecule has 0 heterocycles. The SMILES string of the molecule is C[CH]CC1CCC=CCC1. The van der Waals surface area contributed by atoms with Gasteiger partial charge in [-0.3, -0.25) is 0 Å². The molecule has 1 radical (unpaired) electrons. The van der Waals surface area contributed by atoms with E-state index in [1.807, 2.05) is 0 Å². The molecular formula is C10H17. The molecule has 0 aliphatic heterocycles. The van der Waals surface area contributed by atoms with E-state index in [0.717, 1.165) is 5.92 Å². The van der Waals surface area contributed by atoms with Crippen LogP contribution in [0.25, 0.3) is 0 Å². The quantitative estimate of drug-likeness (QED) is 0.512. The molecule has 0 spiro atoms. The Hall–Kier alpha value is -0.260. The fourth-order valence-electron chi connectivity index (χ4n) is 1.61. The minimum Gasteiger partial charge on any atom is -0.0885 e. The van der Waals surface area contributed by atoms with Crippen molar-refractivity contribution in [2.45, 2.75) is 39.0 Å². The Morgan fingerprint density at radius 3 is 2.40 bits per heavy atom. The summed E-state index contributed by atoms with van der Waals surface area (Å²) in [6, 6.07) is 0. The van der Waals surface area contributed by atoms with Crippen LogP contribution >= 0.6 is 0 Å². The number of rotatable bonds is 2. The first-order valence-corrected chi connectivity index (χ1v) is 4.36. The van der Waals surface area contributed by atoms with Crippen molar-refractivity contribution in [3.8, 4) is 0 Å². The van der Waals surface area contributed by atoms with Crippen molar-refractivity contribution in [2.75, 3.05) is 0 Å². The van der Waals surface area contributed by atoms with Crippen LogP contribution in [0.4, 0.5) is 0 Å². The van der Waals surface area contributed by atoms with Crippen LogP contribution in [0.3, 0.4) is 0 Å². The van der Waals surface area contributed by atoms with Crippen LogP contribution in [-0.4, -0.2) is 0 Å². The van der Waals surface area contributed by atoms with Crippen molar-refractivity contribution < 1.29 is 0 Å². The largest absolute Gasteiger partial charge is 0.0885 e. The summed E-state index contributed by atoms with van der Waals surface area (Å²) in [5.74, 6) is 0.972. The highest BCUT2D eigenvalue weighted by atomic mass is 14.1. The van der Waals surface area contributed by atoms with Gasteiger partial charge in [0, 0.05) is 0 Å². The highest BCUT2D eigenvalue weighted by molar-refractivity contribution is 4.87. The molecule has 1 aliphatic carbocycles. The lowest BCUT2D eigenvalue weighted by molar-refractivity contribution is 0.461. The lowest BCUT2D eigenvalue weighted by atomic mass is 9.95. The maximum atomic E-state index is 2.33. The zero-order chi connectivity index (χ0) is 7.23. The normalized spacial score (nSPS) is 20.9. The maximum absolute atomic E-state index is 2.33. The molecule has 1 aliphatic rings. The van der Waals surface area contributed by atoms with Gasteiger partial charge in [0.15, 0.2) is 0 Å². The Bertz CT molecular complexity index is 92.6. The second kappa shape index (κ2) is 4.54. The van der Waals surface area contributed by atoms with Crippen molar-refractivity contribution in [2.24, 2.45) is 5.92 Å². The van der Waals surface area contributed by atoms with Crippen molar-refractivity contribution in [3.05, 3.63) is 18.6 Å². The van der Waals surface area contributed by atoms with E-state index in [4.69, 9.17) is 0 Å². The van der Waals surface area contributed by atoms with Crippen LogP contribution in [-0.2, 0) is 0 Å². The first-order chi connectivity index (χ1) is 4.93. The summed E-state index contributed by atoms with van der Waals surface area (Å²) in [7, 11) is 0. The Balaban J connectivity index is 2.20. The van der Waals surface area contributed by atoms with Gasteiger partial charge in [-0.1, -0.05) is 19.1 Å². The van der Waals surface area contributed by atoms with Gasteiger partial charge >= 0.3 is 0 Å². The summed E-state index contributed by atoms with van der Waals surface area (Å²) in [4.78, 5) is 0. The van der Waals surface area contributed by atoms with Crippen LogP contribution in [0.1, 0.15) is 39.0 Å². The maximum Gasteiger partial charge on any atom is -0.0348 e. The third-order valence-corrected chi connectivity index (χ3v) is 2.22. The standard InChI is InChI=1S/C10H17/c1-2-7-10-8-5-3-4-6-9-10/h2-4,10H,5-9H2,1H3. The van der Waals surface area contributed by atoms with E-state index < -0.39 is 0 Å². The van der Waals surface area contributed by atoms with Gasteiger partial charge in [0.05, 0.1) is 0 Å². The highest BCUT2D eigenvalue weighted by Crippen LogP contribution is 2.22. The molecule has 0 nitrogen and oxygen atoms in total. The van der Waals surface area contributed by atoms with E-state index in [-0.39, 0.29) is 0 Å². The molecule has 0 saturated heterocycles. The van der Waals surface area contributed by atoms with Gasteiger partial charge < -0.3 is 0 Å². The summed E-state index contributed by atoms with van der Waals surface area (Å²) >= 11 is 0. The lowest BCUT2D eigenvalue weighted by Crippen LogP contribution is -1.97. The van der Waals surface area contributed by atoms with E-state index in [9.17, 15) is 0 Å². The number of hydrogen-bond donors (Lipinski definition) is 0. The average molecular weight is 137 g/mol. The molecule has 0 aromatic heterocycles. The van der Waals surface area contributed by atoms with E-state index in [2.05, 4.69) is 25.5 Å². The molecular weight excluding hydrogens is 120 g/mol. The predicted octanol–water partition coefficient (Wildman–Crippen LogP) is 3.35. The summed E-state index contributed by atoms with van der Waals surface area (Å²) in [5.41, 5.74) is 0. The topological polar surface area (TPSA) is 0 Å².